The van der Waals surface area contributed by atoms with E-state index in [1.54, 1.807) is 17.7 Å². The van der Waals surface area contributed by atoms with Crippen molar-refractivity contribution in [3.05, 3.63) is 17.8 Å². The lowest BCUT2D eigenvalue weighted by atomic mass is 9.88. The van der Waals surface area contributed by atoms with Crippen molar-refractivity contribution in [1.82, 2.24) is 9.97 Å². The molecular formula is C17H21N3O2S. The van der Waals surface area contributed by atoms with Crippen LogP contribution in [0.3, 0.4) is 0 Å². The Morgan fingerprint density at radius 2 is 2.13 bits per heavy atom. The molecule has 6 heteroatoms. The molecule has 2 aliphatic heterocycles. The topological polar surface area (TPSA) is 55.3 Å². The van der Waals surface area contributed by atoms with Crippen molar-refractivity contribution in [2.24, 2.45) is 5.92 Å². The van der Waals surface area contributed by atoms with Crippen LogP contribution < -0.4 is 4.90 Å². The molecule has 2 aromatic heterocycles. The van der Waals surface area contributed by atoms with Gasteiger partial charge in [0.25, 0.3) is 0 Å². The molecule has 0 aliphatic carbocycles. The van der Waals surface area contributed by atoms with Crippen molar-refractivity contribution in [1.29, 1.82) is 0 Å². The predicted molar refractivity (Wildman–Crippen MR) is 90.7 cm³/mol. The Morgan fingerprint density at radius 3 is 2.87 bits per heavy atom. The van der Waals surface area contributed by atoms with E-state index in [0.717, 1.165) is 23.5 Å². The summed E-state index contributed by atoms with van der Waals surface area (Å²) in [6.45, 7) is 2.34. The Morgan fingerprint density at radius 1 is 1.35 bits per heavy atom. The van der Waals surface area contributed by atoms with Gasteiger partial charge in [0.05, 0.1) is 12.0 Å². The number of nitrogens with zero attached hydrogens (tertiary/aromatic N) is 3. The lowest BCUT2D eigenvalue weighted by Gasteiger charge is -2.39. The molecule has 0 spiro atoms. The highest BCUT2D eigenvalue weighted by molar-refractivity contribution is 7.16. The van der Waals surface area contributed by atoms with Crippen molar-refractivity contribution in [2.75, 3.05) is 11.5 Å². The van der Waals surface area contributed by atoms with Crippen LogP contribution in [0.4, 0.5) is 5.82 Å². The number of piperidine rings is 1. The van der Waals surface area contributed by atoms with Gasteiger partial charge in [-0.3, -0.25) is 4.79 Å². The van der Waals surface area contributed by atoms with Gasteiger partial charge >= 0.3 is 5.97 Å². The fourth-order valence-electron chi connectivity index (χ4n) is 4.24. The molecule has 122 valence electrons. The first-order chi connectivity index (χ1) is 11.3. The van der Waals surface area contributed by atoms with E-state index in [2.05, 4.69) is 26.3 Å². The summed E-state index contributed by atoms with van der Waals surface area (Å²) in [5.41, 5.74) is 0. The zero-order chi connectivity index (χ0) is 15.8. The van der Waals surface area contributed by atoms with Crippen LogP contribution >= 0.6 is 11.3 Å². The maximum atomic E-state index is 11.8. The maximum Gasteiger partial charge on any atom is 0.306 e. The van der Waals surface area contributed by atoms with Crippen LogP contribution in [0.5, 0.6) is 0 Å². The predicted octanol–water partition coefficient (Wildman–Crippen LogP) is 3.39. The summed E-state index contributed by atoms with van der Waals surface area (Å²) in [7, 11) is 0. The van der Waals surface area contributed by atoms with E-state index < -0.39 is 0 Å². The van der Waals surface area contributed by atoms with Gasteiger partial charge in [0.2, 0.25) is 0 Å². The summed E-state index contributed by atoms with van der Waals surface area (Å²) in [5.74, 6) is 1.48. The number of carbonyl (C=O) groups is 1. The van der Waals surface area contributed by atoms with Gasteiger partial charge in [-0.15, -0.1) is 11.3 Å². The Kier molecular flexibility index (Phi) is 3.93. The van der Waals surface area contributed by atoms with Crippen LogP contribution in [-0.4, -0.2) is 34.6 Å². The van der Waals surface area contributed by atoms with E-state index >= 15 is 0 Å². The summed E-state index contributed by atoms with van der Waals surface area (Å²) >= 11 is 1.66. The molecule has 0 aromatic carbocycles. The third-order valence-electron chi connectivity index (χ3n) is 5.08. The highest BCUT2D eigenvalue weighted by Gasteiger charge is 2.42. The van der Waals surface area contributed by atoms with Crippen LogP contribution in [0.15, 0.2) is 17.8 Å². The average Bonchev–Trinajstić information content (AvgIpc) is 3.10. The number of hydrogen-bond donors (Lipinski definition) is 0. The third-order valence-corrected chi connectivity index (χ3v) is 5.90. The number of aromatic nitrogens is 2. The minimum absolute atomic E-state index is 0.0485. The highest BCUT2D eigenvalue weighted by atomic mass is 32.1. The Hall–Kier alpha value is -1.69. The maximum absolute atomic E-state index is 11.8. The fourth-order valence-corrected chi connectivity index (χ4v) is 4.97. The van der Waals surface area contributed by atoms with Crippen LogP contribution in [0, 0.1) is 5.92 Å². The van der Waals surface area contributed by atoms with Crippen molar-refractivity contribution >= 4 is 33.3 Å². The minimum Gasteiger partial charge on any atom is -0.466 e. The molecule has 0 saturated carbocycles. The third kappa shape index (κ3) is 2.69. The quantitative estimate of drug-likeness (QED) is 0.804. The average molecular weight is 331 g/mol. The number of esters is 1. The molecule has 0 radical (unpaired) electrons. The molecule has 2 atom stereocenters. The summed E-state index contributed by atoms with van der Waals surface area (Å²) in [6, 6.07) is 3.11. The van der Waals surface area contributed by atoms with Crippen molar-refractivity contribution in [3.8, 4) is 0 Å². The number of hydrogen-bond acceptors (Lipinski definition) is 6. The molecule has 0 amide bonds. The summed E-state index contributed by atoms with van der Waals surface area (Å²) in [6.07, 6.45) is 6.75. The van der Waals surface area contributed by atoms with Crippen LogP contribution in [0.1, 0.15) is 39.0 Å². The van der Waals surface area contributed by atoms with Gasteiger partial charge in [-0.05, 0) is 50.0 Å². The number of fused-ring (bicyclic) bond motifs is 3. The van der Waals surface area contributed by atoms with Crippen molar-refractivity contribution < 1.29 is 9.53 Å². The van der Waals surface area contributed by atoms with E-state index in [-0.39, 0.29) is 5.97 Å². The second-order valence-electron chi connectivity index (χ2n) is 6.48. The molecule has 23 heavy (non-hydrogen) atoms. The minimum atomic E-state index is -0.0485. The van der Waals surface area contributed by atoms with E-state index in [9.17, 15) is 4.79 Å². The summed E-state index contributed by atoms with van der Waals surface area (Å²) < 4.78 is 5.12. The smallest absolute Gasteiger partial charge is 0.306 e. The molecule has 2 aromatic rings. The van der Waals surface area contributed by atoms with Gasteiger partial charge in [0, 0.05) is 18.5 Å². The standard InChI is InChI=1S/C17H21N3O2S/c1-2-22-15(21)9-11-7-12-3-4-13(8-11)20(12)16-14-5-6-23-17(14)19-10-18-16/h5-6,10-13H,2-4,7-9H2,1H3. The molecule has 2 saturated heterocycles. The first-order valence-corrected chi connectivity index (χ1v) is 9.26. The lowest BCUT2D eigenvalue weighted by Crippen LogP contribution is -2.44. The van der Waals surface area contributed by atoms with Crippen LogP contribution in [-0.2, 0) is 9.53 Å². The summed E-state index contributed by atoms with van der Waals surface area (Å²) in [4.78, 5) is 24.3. The zero-order valence-electron chi connectivity index (χ0n) is 13.3. The van der Waals surface area contributed by atoms with E-state index in [0.29, 0.717) is 31.0 Å². The van der Waals surface area contributed by atoms with Crippen molar-refractivity contribution in [2.45, 2.75) is 51.1 Å². The normalized spacial score (nSPS) is 26.7. The van der Waals surface area contributed by atoms with E-state index in [1.165, 1.54) is 18.2 Å². The zero-order valence-corrected chi connectivity index (χ0v) is 14.1. The first-order valence-electron chi connectivity index (χ1n) is 8.38. The van der Waals surface area contributed by atoms with Gasteiger partial charge in [0.1, 0.15) is 17.0 Å². The lowest BCUT2D eigenvalue weighted by molar-refractivity contribution is -0.144. The van der Waals surface area contributed by atoms with Crippen molar-refractivity contribution in [3.63, 3.8) is 0 Å². The monoisotopic (exact) mass is 331 g/mol. The van der Waals surface area contributed by atoms with Crippen LogP contribution in [0.2, 0.25) is 0 Å². The molecule has 2 bridgehead atoms. The Balaban J connectivity index is 1.55. The molecular weight excluding hydrogens is 310 g/mol. The van der Waals surface area contributed by atoms with Gasteiger partial charge in [-0.1, -0.05) is 0 Å². The van der Waals surface area contributed by atoms with E-state index in [1.807, 2.05) is 6.92 Å². The van der Waals surface area contributed by atoms with Gasteiger partial charge in [-0.2, -0.15) is 0 Å². The first kappa shape index (κ1) is 14.9. The molecule has 2 fully saturated rings. The Labute approximate surface area is 139 Å². The van der Waals surface area contributed by atoms with Gasteiger partial charge < -0.3 is 9.64 Å². The van der Waals surface area contributed by atoms with Gasteiger partial charge in [-0.25, -0.2) is 9.97 Å². The number of ether oxygens (including phenoxy) is 1. The molecule has 2 aliphatic rings. The summed E-state index contributed by atoms with van der Waals surface area (Å²) in [5, 5.41) is 3.25. The molecule has 0 N–H and O–H groups in total. The number of carbonyl (C=O) groups excluding carboxylic acids is 1. The number of thiophene rings is 1. The molecule has 4 rings (SSSR count). The molecule has 4 heterocycles. The second kappa shape index (κ2) is 6.07. The Bertz CT molecular complexity index is 703. The van der Waals surface area contributed by atoms with Crippen LogP contribution in [0.25, 0.3) is 10.2 Å². The number of rotatable bonds is 4. The van der Waals surface area contributed by atoms with E-state index in [4.69, 9.17) is 4.74 Å². The second-order valence-corrected chi connectivity index (χ2v) is 7.37. The largest absolute Gasteiger partial charge is 0.466 e. The molecule has 5 nitrogen and oxygen atoms in total. The SMILES string of the molecule is CCOC(=O)CC1CC2CCC(C1)N2c1ncnc2sccc12. The molecule has 2 unspecified atom stereocenters. The number of anilines is 1. The van der Waals surface area contributed by atoms with Gasteiger partial charge in [0.15, 0.2) is 0 Å². The highest BCUT2D eigenvalue weighted by Crippen LogP contribution is 2.44. The fraction of sp³-hybridized carbons (Fsp3) is 0.588.